The number of carbonyl (C=O) groups is 1. The van der Waals surface area contributed by atoms with Gasteiger partial charge in [-0.2, -0.15) is 0 Å². The fraction of sp³-hybridized carbons (Fsp3) is 0.200. The Kier molecular flexibility index (Phi) is 4.33. The molecule has 2 aromatic rings. The van der Waals surface area contributed by atoms with Crippen LogP contribution in [0.25, 0.3) is 0 Å². The molecule has 0 unspecified atom stereocenters. The van der Waals surface area contributed by atoms with E-state index in [0.29, 0.717) is 22.9 Å². The van der Waals surface area contributed by atoms with Crippen LogP contribution >= 0.6 is 11.6 Å². The largest absolute Gasteiger partial charge is 0.507 e. The summed E-state index contributed by atoms with van der Waals surface area (Å²) in [5, 5.41) is 12.9. The number of hydrogen-bond donors (Lipinski definition) is 2. The summed E-state index contributed by atoms with van der Waals surface area (Å²) in [7, 11) is 0. The molecule has 0 saturated carbocycles. The Morgan fingerprint density at radius 1 is 1.38 bits per heavy atom. The minimum absolute atomic E-state index is 0.276. The molecule has 1 aromatic heterocycles. The van der Waals surface area contributed by atoms with Gasteiger partial charge < -0.3 is 15.0 Å². The van der Waals surface area contributed by atoms with Crippen LogP contribution in [0.4, 0.5) is 5.69 Å². The monoisotopic (exact) mass is 306 g/mol. The van der Waals surface area contributed by atoms with E-state index in [9.17, 15) is 14.7 Å². The number of aromatic hydroxyl groups is 1. The highest BCUT2D eigenvalue weighted by atomic mass is 35.5. The summed E-state index contributed by atoms with van der Waals surface area (Å²) in [5.41, 5.74) is 0.256. The second kappa shape index (κ2) is 6.01. The van der Waals surface area contributed by atoms with Crippen LogP contribution in [0.15, 0.2) is 35.1 Å². The van der Waals surface area contributed by atoms with Crippen molar-refractivity contribution in [1.82, 2.24) is 4.57 Å². The van der Waals surface area contributed by atoms with E-state index in [1.807, 2.05) is 0 Å². The van der Waals surface area contributed by atoms with Crippen LogP contribution in [-0.4, -0.2) is 15.6 Å². The summed E-state index contributed by atoms with van der Waals surface area (Å²) in [5.74, 6) is -0.997. The number of aryl methyl sites for hydroxylation is 1. The van der Waals surface area contributed by atoms with Gasteiger partial charge in [0.2, 0.25) is 0 Å². The molecular formula is C15H15ClN2O3. The number of carbonyl (C=O) groups excluding carboxylic acids is 1. The van der Waals surface area contributed by atoms with Crippen LogP contribution in [0.3, 0.4) is 0 Å². The Morgan fingerprint density at radius 3 is 2.71 bits per heavy atom. The first-order valence-electron chi connectivity index (χ1n) is 6.44. The second-order valence-corrected chi connectivity index (χ2v) is 5.00. The standard InChI is InChI=1S/C15H15ClN2O3/c1-3-18-9(2)7-12(19)13(15(18)21)14(20)17-11-6-4-5-10(16)8-11/h4-8,19H,3H2,1-2H3,(H,17,20). The van der Waals surface area contributed by atoms with Crippen LogP contribution in [-0.2, 0) is 6.54 Å². The van der Waals surface area contributed by atoms with E-state index in [4.69, 9.17) is 11.6 Å². The molecule has 0 spiro atoms. The maximum absolute atomic E-state index is 12.3. The van der Waals surface area contributed by atoms with Gasteiger partial charge in [0.1, 0.15) is 11.3 Å². The van der Waals surface area contributed by atoms with Crippen LogP contribution in [0.5, 0.6) is 5.75 Å². The van der Waals surface area contributed by atoms with Crippen molar-refractivity contribution in [2.75, 3.05) is 5.32 Å². The molecule has 0 bridgehead atoms. The van der Waals surface area contributed by atoms with Crippen molar-refractivity contribution in [2.45, 2.75) is 20.4 Å². The lowest BCUT2D eigenvalue weighted by Gasteiger charge is -2.12. The molecule has 0 radical (unpaired) electrons. The minimum Gasteiger partial charge on any atom is -0.507 e. The molecule has 21 heavy (non-hydrogen) atoms. The smallest absolute Gasteiger partial charge is 0.267 e. The Balaban J connectivity index is 2.42. The lowest BCUT2D eigenvalue weighted by atomic mass is 10.2. The van der Waals surface area contributed by atoms with Crippen molar-refractivity contribution in [1.29, 1.82) is 0 Å². The maximum atomic E-state index is 12.3. The predicted octanol–water partition coefficient (Wildman–Crippen LogP) is 2.79. The Morgan fingerprint density at radius 2 is 2.10 bits per heavy atom. The number of hydrogen-bond acceptors (Lipinski definition) is 3. The van der Waals surface area contributed by atoms with E-state index in [1.54, 1.807) is 38.1 Å². The highest BCUT2D eigenvalue weighted by Gasteiger charge is 2.19. The predicted molar refractivity (Wildman–Crippen MR) is 82.2 cm³/mol. The number of anilines is 1. The van der Waals surface area contributed by atoms with Gasteiger partial charge in [-0.25, -0.2) is 0 Å². The quantitative estimate of drug-likeness (QED) is 0.916. The number of halogens is 1. The van der Waals surface area contributed by atoms with Gasteiger partial charge >= 0.3 is 0 Å². The third kappa shape index (κ3) is 3.08. The normalized spacial score (nSPS) is 10.4. The van der Waals surface area contributed by atoms with Gasteiger partial charge in [-0.05, 0) is 32.0 Å². The molecule has 2 rings (SSSR count). The summed E-state index contributed by atoms with van der Waals surface area (Å²) in [6, 6.07) is 7.95. The van der Waals surface area contributed by atoms with E-state index in [0.717, 1.165) is 0 Å². The number of pyridine rings is 1. The number of rotatable bonds is 3. The van der Waals surface area contributed by atoms with E-state index in [2.05, 4.69) is 5.32 Å². The van der Waals surface area contributed by atoms with E-state index >= 15 is 0 Å². The van der Waals surface area contributed by atoms with Crippen molar-refractivity contribution in [2.24, 2.45) is 0 Å². The average molecular weight is 307 g/mol. The highest BCUT2D eigenvalue weighted by molar-refractivity contribution is 6.31. The highest BCUT2D eigenvalue weighted by Crippen LogP contribution is 2.19. The molecule has 0 aliphatic rings. The van der Waals surface area contributed by atoms with Crippen LogP contribution < -0.4 is 10.9 Å². The van der Waals surface area contributed by atoms with Crippen molar-refractivity contribution in [3.05, 3.63) is 57.0 Å². The molecule has 5 nitrogen and oxygen atoms in total. The molecule has 6 heteroatoms. The molecule has 0 aliphatic heterocycles. The number of nitrogens with zero attached hydrogens (tertiary/aromatic N) is 1. The lowest BCUT2D eigenvalue weighted by molar-refractivity contribution is 0.102. The van der Waals surface area contributed by atoms with Crippen LogP contribution in [0.2, 0.25) is 5.02 Å². The molecular weight excluding hydrogens is 292 g/mol. The first-order chi connectivity index (χ1) is 9.93. The van der Waals surface area contributed by atoms with E-state index < -0.39 is 11.5 Å². The summed E-state index contributed by atoms with van der Waals surface area (Å²) < 4.78 is 1.42. The molecule has 0 fully saturated rings. The maximum Gasteiger partial charge on any atom is 0.267 e. The molecule has 0 saturated heterocycles. The van der Waals surface area contributed by atoms with Crippen molar-refractivity contribution in [3.63, 3.8) is 0 Å². The fourth-order valence-corrected chi connectivity index (χ4v) is 2.31. The first kappa shape index (κ1) is 15.1. The van der Waals surface area contributed by atoms with Crippen molar-refractivity contribution >= 4 is 23.2 Å². The van der Waals surface area contributed by atoms with Gasteiger partial charge in [-0.1, -0.05) is 17.7 Å². The molecule has 1 aromatic carbocycles. The van der Waals surface area contributed by atoms with Crippen LogP contribution in [0, 0.1) is 6.92 Å². The Bertz CT molecular complexity index is 753. The first-order valence-corrected chi connectivity index (χ1v) is 6.82. The summed E-state index contributed by atoms with van der Waals surface area (Å²) in [6.07, 6.45) is 0. The number of aromatic nitrogens is 1. The third-order valence-corrected chi connectivity index (χ3v) is 3.35. The zero-order chi connectivity index (χ0) is 15.6. The second-order valence-electron chi connectivity index (χ2n) is 4.56. The average Bonchev–Trinajstić information content (AvgIpc) is 2.38. The van der Waals surface area contributed by atoms with Gasteiger partial charge in [0.25, 0.3) is 11.5 Å². The number of nitrogens with one attached hydrogen (secondary N) is 1. The fourth-order valence-electron chi connectivity index (χ4n) is 2.12. The summed E-state index contributed by atoms with van der Waals surface area (Å²) in [4.78, 5) is 24.5. The molecule has 2 N–H and O–H groups in total. The zero-order valence-electron chi connectivity index (χ0n) is 11.7. The van der Waals surface area contributed by atoms with Gasteiger partial charge in [0, 0.05) is 29.0 Å². The van der Waals surface area contributed by atoms with E-state index in [1.165, 1.54) is 10.6 Å². The number of benzene rings is 1. The minimum atomic E-state index is -0.665. The summed E-state index contributed by atoms with van der Waals surface area (Å²) >= 11 is 5.84. The number of amides is 1. The SMILES string of the molecule is CCn1c(C)cc(O)c(C(=O)Nc2cccc(Cl)c2)c1=O. The van der Waals surface area contributed by atoms with Crippen molar-refractivity contribution in [3.8, 4) is 5.75 Å². The van der Waals surface area contributed by atoms with Crippen molar-refractivity contribution < 1.29 is 9.90 Å². The molecule has 1 amide bonds. The van der Waals surface area contributed by atoms with E-state index in [-0.39, 0.29) is 11.3 Å². The van der Waals surface area contributed by atoms with Gasteiger partial charge in [-0.15, -0.1) is 0 Å². The Labute approximate surface area is 126 Å². The molecule has 0 atom stereocenters. The van der Waals surface area contributed by atoms with Gasteiger partial charge in [0.05, 0.1) is 0 Å². The molecule has 0 aliphatic carbocycles. The lowest BCUT2D eigenvalue weighted by Crippen LogP contribution is -2.30. The molecule has 110 valence electrons. The van der Waals surface area contributed by atoms with Gasteiger partial charge in [0.15, 0.2) is 0 Å². The van der Waals surface area contributed by atoms with Gasteiger partial charge in [-0.3, -0.25) is 9.59 Å². The van der Waals surface area contributed by atoms with Crippen LogP contribution in [0.1, 0.15) is 23.0 Å². The molecule has 1 heterocycles. The Hall–Kier alpha value is -2.27. The topological polar surface area (TPSA) is 71.3 Å². The third-order valence-electron chi connectivity index (χ3n) is 3.11. The summed E-state index contributed by atoms with van der Waals surface area (Å²) in [6.45, 7) is 3.91. The zero-order valence-corrected chi connectivity index (χ0v) is 12.4.